The lowest BCUT2D eigenvalue weighted by atomic mass is 10.0. The largest absolute Gasteiger partial charge is 0.457 e. The number of benzene rings is 3. The average Bonchev–Trinajstić information content (AvgIpc) is 3.80. The summed E-state index contributed by atoms with van der Waals surface area (Å²) in [7, 11) is -3.22. The van der Waals surface area contributed by atoms with E-state index in [1.54, 1.807) is 30.5 Å². The first-order valence-corrected chi connectivity index (χ1v) is 18.7. The van der Waals surface area contributed by atoms with E-state index in [4.69, 9.17) is 4.42 Å². The number of sulfone groups is 1. The third kappa shape index (κ3) is 7.95. The Morgan fingerprint density at radius 1 is 0.898 bits per heavy atom. The van der Waals surface area contributed by atoms with Crippen molar-refractivity contribution in [1.29, 1.82) is 0 Å². The standard InChI is InChI=1S/C37H42N6O5S/c1-49(46,47)33-10-5-28(6-11-33)26-41-19-21-42(22-20-41)37(45)29-7-12-34-30(23-29)24-35(48-34)36(44)39-31-13-17-40(18-14-31)25-27-3-8-32(9-4-27)43-16-2-15-38-43/h2-12,15-16,23-24,31,36,39,44H,13-14,17-22,25-26H2,1H3. The molecule has 1 unspecified atom stereocenters. The number of fused-ring (bicyclic) bond motifs is 1. The second kappa shape index (κ2) is 14.3. The van der Waals surface area contributed by atoms with Gasteiger partial charge in [0.25, 0.3) is 5.91 Å². The van der Waals surface area contributed by atoms with Crippen LogP contribution in [0.15, 0.2) is 101 Å². The third-order valence-corrected chi connectivity index (χ3v) is 10.7. The molecule has 256 valence electrons. The number of hydrogen-bond acceptors (Lipinski definition) is 9. The van der Waals surface area contributed by atoms with Crippen molar-refractivity contribution < 1.29 is 22.7 Å². The second-order valence-corrected chi connectivity index (χ2v) is 15.1. The van der Waals surface area contributed by atoms with Crippen LogP contribution in [-0.4, -0.2) is 95.5 Å². The van der Waals surface area contributed by atoms with Gasteiger partial charge in [-0.05, 0) is 91.7 Å². The van der Waals surface area contributed by atoms with Crippen LogP contribution in [0.1, 0.15) is 46.3 Å². The molecule has 2 N–H and O–H groups in total. The van der Waals surface area contributed by atoms with Crippen molar-refractivity contribution in [1.82, 2.24) is 29.8 Å². The van der Waals surface area contributed by atoms with E-state index in [1.165, 1.54) is 11.8 Å². The maximum absolute atomic E-state index is 13.4. The molecule has 12 heteroatoms. The van der Waals surface area contributed by atoms with Gasteiger partial charge in [-0.3, -0.25) is 19.9 Å². The van der Waals surface area contributed by atoms with E-state index in [1.807, 2.05) is 46.1 Å². The molecule has 2 aliphatic rings. The van der Waals surface area contributed by atoms with Gasteiger partial charge in [0, 0.05) is 74.9 Å². The number of likely N-dealkylation sites (tertiary alicyclic amines) is 1. The van der Waals surface area contributed by atoms with Crippen molar-refractivity contribution in [3.05, 3.63) is 114 Å². The molecule has 0 radical (unpaired) electrons. The SMILES string of the molecule is CS(=O)(=O)c1ccc(CN2CCN(C(=O)c3ccc4oc(C(O)NC5CCN(Cc6ccc(-n7cccn7)cc6)CC5)cc4c3)CC2)cc1. The van der Waals surface area contributed by atoms with E-state index < -0.39 is 16.1 Å². The highest BCUT2D eigenvalue weighted by molar-refractivity contribution is 7.90. The topological polar surface area (TPSA) is 124 Å². The number of nitrogens with one attached hydrogen (secondary N) is 1. The van der Waals surface area contributed by atoms with Crippen molar-refractivity contribution in [3.63, 3.8) is 0 Å². The molecule has 5 aromatic rings. The monoisotopic (exact) mass is 682 g/mol. The predicted molar refractivity (Wildman–Crippen MR) is 187 cm³/mol. The lowest BCUT2D eigenvalue weighted by molar-refractivity contribution is 0.0628. The van der Waals surface area contributed by atoms with Gasteiger partial charge in [0.15, 0.2) is 16.1 Å². The molecule has 3 aromatic carbocycles. The van der Waals surface area contributed by atoms with Gasteiger partial charge in [0.1, 0.15) is 11.3 Å². The molecule has 0 bridgehead atoms. The highest BCUT2D eigenvalue weighted by Crippen LogP contribution is 2.26. The Balaban J connectivity index is 0.880. The summed E-state index contributed by atoms with van der Waals surface area (Å²) in [5.41, 5.74) is 4.58. The summed E-state index contributed by atoms with van der Waals surface area (Å²) in [6.07, 6.45) is 5.83. The predicted octanol–water partition coefficient (Wildman–Crippen LogP) is 4.23. The summed E-state index contributed by atoms with van der Waals surface area (Å²) in [5.74, 6) is 0.415. The summed E-state index contributed by atoms with van der Waals surface area (Å²) >= 11 is 0. The van der Waals surface area contributed by atoms with Gasteiger partial charge in [-0.25, -0.2) is 13.1 Å². The number of aliphatic hydroxyl groups is 1. The summed E-state index contributed by atoms with van der Waals surface area (Å²) in [6.45, 7) is 6.13. The molecule has 1 amide bonds. The second-order valence-electron chi connectivity index (χ2n) is 13.1. The van der Waals surface area contributed by atoms with Gasteiger partial charge in [0.2, 0.25) is 0 Å². The van der Waals surface area contributed by atoms with Crippen molar-refractivity contribution in [2.75, 3.05) is 45.5 Å². The zero-order valence-electron chi connectivity index (χ0n) is 27.6. The van der Waals surface area contributed by atoms with Gasteiger partial charge in [-0.15, -0.1) is 0 Å². The van der Waals surface area contributed by atoms with E-state index >= 15 is 0 Å². The molecule has 4 heterocycles. The lowest BCUT2D eigenvalue weighted by Crippen LogP contribution is -2.48. The number of carbonyl (C=O) groups excluding carboxylic acids is 1. The number of piperazine rings is 1. The first kappa shape index (κ1) is 33.2. The zero-order valence-corrected chi connectivity index (χ0v) is 28.4. The zero-order chi connectivity index (χ0) is 34.0. The highest BCUT2D eigenvalue weighted by Gasteiger charge is 2.25. The fourth-order valence-corrected chi connectivity index (χ4v) is 7.35. The van der Waals surface area contributed by atoms with Crippen molar-refractivity contribution in [3.8, 4) is 5.69 Å². The lowest BCUT2D eigenvalue weighted by Gasteiger charge is -2.34. The van der Waals surface area contributed by atoms with E-state index in [0.717, 1.165) is 62.2 Å². The van der Waals surface area contributed by atoms with Crippen LogP contribution in [0, 0.1) is 0 Å². The summed E-state index contributed by atoms with van der Waals surface area (Å²) in [5, 5.41) is 19.4. The quantitative estimate of drug-likeness (QED) is 0.209. The molecule has 7 rings (SSSR count). The number of amides is 1. The van der Waals surface area contributed by atoms with Gasteiger partial charge < -0.3 is 14.4 Å². The number of aliphatic hydroxyl groups excluding tert-OH is 1. The van der Waals surface area contributed by atoms with Gasteiger partial charge in [-0.2, -0.15) is 5.10 Å². The Morgan fingerprint density at radius 2 is 1.55 bits per heavy atom. The minimum atomic E-state index is -3.22. The van der Waals surface area contributed by atoms with E-state index in [2.05, 4.69) is 44.5 Å². The maximum Gasteiger partial charge on any atom is 0.253 e. The molecule has 2 aromatic heterocycles. The number of piperidine rings is 1. The molecule has 0 spiro atoms. The Morgan fingerprint density at radius 3 is 2.18 bits per heavy atom. The number of furan rings is 1. The Labute approximate surface area is 286 Å². The van der Waals surface area contributed by atoms with Crippen LogP contribution in [0.4, 0.5) is 0 Å². The van der Waals surface area contributed by atoms with Gasteiger partial charge >= 0.3 is 0 Å². The minimum Gasteiger partial charge on any atom is -0.457 e. The van der Waals surface area contributed by atoms with Crippen LogP contribution in [0.3, 0.4) is 0 Å². The molecular formula is C37H42N6O5S. The molecular weight excluding hydrogens is 641 g/mol. The number of rotatable bonds is 10. The average molecular weight is 683 g/mol. The molecule has 2 saturated heterocycles. The first-order valence-electron chi connectivity index (χ1n) is 16.8. The van der Waals surface area contributed by atoms with Crippen LogP contribution in [-0.2, 0) is 22.9 Å². The Bertz CT molecular complexity index is 1980. The van der Waals surface area contributed by atoms with Crippen LogP contribution >= 0.6 is 0 Å². The van der Waals surface area contributed by atoms with Crippen molar-refractivity contribution in [2.24, 2.45) is 0 Å². The molecule has 11 nitrogen and oxygen atoms in total. The molecule has 1 atom stereocenters. The number of aromatic nitrogens is 2. The highest BCUT2D eigenvalue weighted by atomic mass is 32.2. The molecule has 49 heavy (non-hydrogen) atoms. The third-order valence-electron chi connectivity index (χ3n) is 9.56. The van der Waals surface area contributed by atoms with Crippen molar-refractivity contribution >= 4 is 26.7 Å². The van der Waals surface area contributed by atoms with Crippen molar-refractivity contribution in [2.45, 2.75) is 43.1 Å². The fourth-order valence-electron chi connectivity index (χ4n) is 6.72. The molecule has 0 saturated carbocycles. The maximum atomic E-state index is 13.4. The number of carbonyl (C=O) groups is 1. The van der Waals surface area contributed by atoms with Crippen LogP contribution < -0.4 is 5.32 Å². The molecule has 0 aliphatic carbocycles. The molecule has 2 aliphatic heterocycles. The van der Waals surface area contributed by atoms with Crippen LogP contribution in [0.2, 0.25) is 0 Å². The van der Waals surface area contributed by atoms with E-state index in [-0.39, 0.29) is 11.9 Å². The molecule has 2 fully saturated rings. The Kier molecular flexibility index (Phi) is 9.66. The van der Waals surface area contributed by atoms with E-state index in [9.17, 15) is 18.3 Å². The van der Waals surface area contributed by atoms with E-state index in [0.29, 0.717) is 41.4 Å². The minimum absolute atomic E-state index is 0.0268. The Hall–Kier alpha value is -4.33. The fraction of sp³-hybridized carbons (Fsp3) is 0.351. The number of nitrogens with zero attached hydrogens (tertiary/aromatic N) is 5. The summed E-state index contributed by atoms with van der Waals surface area (Å²) in [6, 6.07) is 24.8. The summed E-state index contributed by atoms with van der Waals surface area (Å²) in [4.78, 5) is 20.3. The normalized spacial score (nSPS) is 17.5. The van der Waals surface area contributed by atoms with Gasteiger partial charge in [-0.1, -0.05) is 24.3 Å². The van der Waals surface area contributed by atoms with Crippen LogP contribution in [0.5, 0.6) is 0 Å². The number of hydrogen-bond donors (Lipinski definition) is 2. The van der Waals surface area contributed by atoms with Crippen LogP contribution in [0.25, 0.3) is 16.7 Å². The summed E-state index contributed by atoms with van der Waals surface area (Å²) < 4.78 is 31.3. The smallest absolute Gasteiger partial charge is 0.253 e. The first-order chi connectivity index (χ1) is 23.7. The van der Waals surface area contributed by atoms with Gasteiger partial charge in [0.05, 0.1) is 10.6 Å².